The van der Waals surface area contributed by atoms with E-state index >= 15 is 0 Å². The van der Waals surface area contributed by atoms with Gasteiger partial charge in [0.2, 0.25) is 5.91 Å². The van der Waals surface area contributed by atoms with Crippen molar-refractivity contribution in [3.8, 4) is 5.75 Å². The fraction of sp³-hybridized carbons (Fsp3) is 0.360. The normalized spacial score (nSPS) is 15.2. The van der Waals surface area contributed by atoms with Gasteiger partial charge in [0.05, 0.1) is 13.5 Å². The molecule has 1 aliphatic rings. The molecule has 162 valence electrons. The van der Waals surface area contributed by atoms with E-state index in [4.69, 9.17) is 4.74 Å². The number of aromatic nitrogens is 1. The number of nitrogens with zero attached hydrogens (tertiary/aromatic N) is 2. The molecule has 6 heteroatoms. The number of carbonyl (C=O) groups is 1. The minimum Gasteiger partial charge on any atom is -0.497 e. The number of fused-ring (bicyclic) bond motifs is 1. The predicted octanol–water partition coefficient (Wildman–Crippen LogP) is 3.53. The SMILES string of the molecule is COc1ccc(CC(=O)Nc2cccc3c(=O)n(CC4CCN(C)CC4)ccc23)cc1. The third-order valence-corrected chi connectivity index (χ3v) is 6.11. The van der Waals surface area contributed by atoms with Crippen molar-refractivity contribution in [2.24, 2.45) is 5.92 Å². The van der Waals surface area contributed by atoms with Crippen LogP contribution in [-0.2, 0) is 17.8 Å². The second-order valence-corrected chi connectivity index (χ2v) is 8.36. The molecule has 1 fully saturated rings. The van der Waals surface area contributed by atoms with E-state index in [1.54, 1.807) is 7.11 Å². The first-order chi connectivity index (χ1) is 15.0. The maximum Gasteiger partial charge on any atom is 0.258 e. The van der Waals surface area contributed by atoms with E-state index in [9.17, 15) is 9.59 Å². The van der Waals surface area contributed by atoms with E-state index in [0.717, 1.165) is 49.2 Å². The molecule has 6 nitrogen and oxygen atoms in total. The number of piperidine rings is 1. The van der Waals surface area contributed by atoms with Crippen molar-refractivity contribution in [3.63, 3.8) is 0 Å². The van der Waals surface area contributed by atoms with Crippen LogP contribution < -0.4 is 15.6 Å². The Kier molecular flexibility index (Phi) is 6.37. The standard InChI is InChI=1S/C25H29N3O3/c1-27-13-10-19(11-14-27)17-28-15-12-21-22(25(28)30)4-3-5-23(21)26-24(29)16-18-6-8-20(31-2)9-7-18/h3-9,12,15,19H,10-11,13-14,16-17H2,1-2H3,(H,26,29). The van der Waals surface area contributed by atoms with Crippen LogP contribution in [0.1, 0.15) is 18.4 Å². The average Bonchev–Trinajstić information content (AvgIpc) is 2.78. The summed E-state index contributed by atoms with van der Waals surface area (Å²) in [7, 11) is 3.76. The van der Waals surface area contributed by atoms with Crippen LogP contribution in [0.25, 0.3) is 10.8 Å². The molecule has 3 aromatic rings. The largest absolute Gasteiger partial charge is 0.497 e. The number of carbonyl (C=O) groups excluding carboxylic acids is 1. The van der Waals surface area contributed by atoms with Crippen LogP contribution >= 0.6 is 0 Å². The molecule has 0 atom stereocenters. The molecule has 31 heavy (non-hydrogen) atoms. The molecule has 0 saturated carbocycles. The number of pyridine rings is 1. The van der Waals surface area contributed by atoms with Gasteiger partial charge in [-0.1, -0.05) is 18.2 Å². The van der Waals surface area contributed by atoms with Gasteiger partial charge in [-0.25, -0.2) is 0 Å². The Bertz CT molecular complexity index is 1110. The summed E-state index contributed by atoms with van der Waals surface area (Å²) in [5.41, 5.74) is 1.57. The van der Waals surface area contributed by atoms with Gasteiger partial charge in [-0.15, -0.1) is 0 Å². The molecule has 1 saturated heterocycles. The zero-order valence-electron chi connectivity index (χ0n) is 18.1. The van der Waals surface area contributed by atoms with Gasteiger partial charge < -0.3 is 19.5 Å². The molecule has 1 aromatic heterocycles. The molecule has 1 aliphatic heterocycles. The lowest BCUT2D eigenvalue weighted by Gasteiger charge is -2.29. The summed E-state index contributed by atoms with van der Waals surface area (Å²) < 4.78 is 6.98. The van der Waals surface area contributed by atoms with Crippen LogP contribution in [0.4, 0.5) is 5.69 Å². The summed E-state index contributed by atoms with van der Waals surface area (Å²) in [6.45, 7) is 2.91. The second-order valence-electron chi connectivity index (χ2n) is 8.36. The third kappa shape index (κ3) is 4.97. The zero-order valence-corrected chi connectivity index (χ0v) is 18.1. The highest BCUT2D eigenvalue weighted by Gasteiger charge is 2.18. The number of ether oxygens (including phenoxy) is 1. The fourth-order valence-corrected chi connectivity index (χ4v) is 4.22. The van der Waals surface area contributed by atoms with Crippen molar-refractivity contribution in [1.29, 1.82) is 0 Å². The number of likely N-dealkylation sites (tertiary alicyclic amines) is 1. The molecule has 0 bridgehead atoms. The van der Waals surface area contributed by atoms with Crippen molar-refractivity contribution < 1.29 is 9.53 Å². The first-order valence-electron chi connectivity index (χ1n) is 10.8. The van der Waals surface area contributed by atoms with Crippen LogP contribution in [-0.4, -0.2) is 42.6 Å². The molecule has 1 N–H and O–H groups in total. The third-order valence-electron chi connectivity index (χ3n) is 6.11. The summed E-state index contributed by atoms with van der Waals surface area (Å²) in [6, 6.07) is 14.9. The topological polar surface area (TPSA) is 63.6 Å². The lowest BCUT2D eigenvalue weighted by Crippen LogP contribution is -2.33. The smallest absolute Gasteiger partial charge is 0.258 e. The van der Waals surface area contributed by atoms with Crippen molar-refractivity contribution in [3.05, 3.63) is 70.6 Å². The molecule has 2 heterocycles. The van der Waals surface area contributed by atoms with Crippen LogP contribution in [0.15, 0.2) is 59.5 Å². The predicted molar refractivity (Wildman–Crippen MR) is 124 cm³/mol. The molecule has 1 amide bonds. The highest BCUT2D eigenvalue weighted by atomic mass is 16.5. The number of hydrogen-bond donors (Lipinski definition) is 1. The Labute approximate surface area is 182 Å². The first kappa shape index (κ1) is 21.1. The fourth-order valence-electron chi connectivity index (χ4n) is 4.22. The average molecular weight is 420 g/mol. The Morgan fingerprint density at radius 1 is 1.06 bits per heavy atom. The van der Waals surface area contributed by atoms with E-state index in [1.807, 2.05) is 59.3 Å². The molecule has 0 unspecified atom stereocenters. The van der Waals surface area contributed by atoms with Crippen LogP contribution in [0.2, 0.25) is 0 Å². The minimum absolute atomic E-state index is 0.00248. The Hall–Kier alpha value is -3.12. The molecule has 2 aromatic carbocycles. The monoisotopic (exact) mass is 419 g/mol. The van der Waals surface area contributed by atoms with Crippen LogP contribution in [0, 0.1) is 5.92 Å². The lowest BCUT2D eigenvalue weighted by atomic mass is 9.97. The quantitative estimate of drug-likeness (QED) is 0.664. The minimum atomic E-state index is -0.117. The van der Waals surface area contributed by atoms with Crippen molar-refractivity contribution >= 4 is 22.4 Å². The highest BCUT2D eigenvalue weighted by molar-refractivity contribution is 6.02. The van der Waals surface area contributed by atoms with Gasteiger partial charge in [0.15, 0.2) is 0 Å². The van der Waals surface area contributed by atoms with Crippen LogP contribution in [0.5, 0.6) is 5.75 Å². The summed E-state index contributed by atoms with van der Waals surface area (Å²) in [4.78, 5) is 28.0. The second kappa shape index (κ2) is 9.35. The van der Waals surface area contributed by atoms with E-state index in [-0.39, 0.29) is 17.9 Å². The van der Waals surface area contributed by atoms with Gasteiger partial charge >= 0.3 is 0 Å². The van der Waals surface area contributed by atoms with E-state index in [0.29, 0.717) is 17.0 Å². The van der Waals surface area contributed by atoms with Gasteiger partial charge in [-0.05, 0) is 74.8 Å². The summed E-state index contributed by atoms with van der Waals surface area (Å²) in [5.74, 6) is 1.17. The maximum atomic E-state index is 13.1. The van der Waals surface area contributed by atoms with Gasteiger partial charge in [0.25, 0.3) is 5.56 Å². The molecule has 0 radical (unpaired) electrons. The van der Waals surface area contributed by atoms with Gasteiger partial charge in [0.1, 0.15) is 5.75 Å². The van der Waals surface area contributed by atoms with E-state index < -0.39 is 0 Å². The number of rotatable bonds is 6. The first-order valence-corrected chi connectivity index (χ1v) is 10.8. The summed E-state index contributed by atoms with van der Waals surface area (Å²) in [6.07, 6.45) is 4.35. The molecular weight excluding hydrogens is 390 g/mol. The van der Waals surface area contributed by atoms with E-state index in [1.165, 1.54) is 0 Å². The van der Waals surface area contributed by atoms with Gasteiger partial charge in [-0.3, -0.25) is 9.59 Å². The Morgan fingerprint density at radius 3 is 2.52 bits per heavy atom. The lowest BCUT2D eigenvalue weighted by molar-refractivity contribution is -0.115. The summed E-state index contributed by atoms with van der Waals surface area (Å²) in [5, 5.41) is 4.38. The molecule has 4 rings (SSSR count). The number of amides is 1. The van der Waals surface area contributed by atoms with Crippen molar-refractivity contribution in [2.45, 2.75) is 25.8 Å². The van der Waals surface area contributed by atoms with Crippen molar-refractivity contribution in [1.82, 2.24) is 9.47 Å². The number of anilines is 1. The van der Waals surface area contributed by atoms with Gasteiger partial charge in [0, 0.05) is 29.2 Å². The Morgan fingerprint density at radius 2 is 1.81 bits per heavy atom. The molecule has 0 aliphatic carbocycles. The number of methoxy groups -OCH3 is 1. The molecule has 0 spiro atoms. The highest BCUT2D eigenvalue weighted by Crippen LogP contribution is 2.23. The van der Waals surface area contributed by atoms with Crippen LogP contribution in [0.3, 0.4) is 0 Å². The van der Waals surface area contributed by atoms with Crippen molar-refractivity contribution in [2.75, 3.05) is 32.6 Å². The summed E-state index contributed by atoms with van der Waals surface area (Å²) >= 11 is 0. The van der Waals surface area contributed by atoms with E-state index in [2.05, 4.69) is 17.3 Å². The Balaban J connectivity index is 1.50. The maximum absolute atomic E-state index is 13.1. The van der Waals surface area contributed by atoms with Gasteiger partial charge in [-0.2, -0.15) is 0 Å². The number of hydrogen-bond acceptors (Lipinski definition) is 4. The number of nitrogens with one attached hydrogen (secondary N) is 1. The zero-order chi connectivity index (χ0) is 21.8. The number of benzene rings is 2. The molecular formula is C25H29N3O3.